The topological polar surface area (TPSA) is 66.8 Å². The molecule has 0 bridgehead atoms. The minimum Gasteiger partial charge on any atom is -0.494 e. The van der Waals surface area contributed by atoms with Gasteiger partial charge in [-0.3, -0.25) is 0 Å². The second kappa shape index (κ2) is 6.80. The van der Waals surface area contributed by atoms with E-state index in [1.165, 1.54) is 4.31 Å². The Morgan fingerprint density at radius 3 is 2.70 bits per heavy atom. The SMILES string of the molecule is CCOc1ccc(S(=O)(=O)N2CCSC[C@H]2CO)cc1. The van der Waals surface area contributed by atoms with Gasteiger partial charge in [0.2, 0.25) is 10.0 Å². The molecule has 1 aliphatic rings. The number of ether oxygens (including phenoxy) is 1. The number of thioether (sulfide) groups is 1. The number of nitrogens with zero attached hydrogens (tertiary/aromatic N) is 1. The highest BCUT2D eigenvalue weighted by atomic mass is 32.2. The van der Waals surface area contributed by atoms with Crippen molar-refractivity contribution < 1.29 is 18.3 Å². The normalized spacial score (nSPS) is 20.8. The predicted molar refractivity (Wildman–Crippen MR) is 79.7 cm³/mol. The third-order valence-corrected chi connectivity index (χ3v) is 6.18. The van der Waals surface area contributed by atoms with Crippen molar-refractivity contribution in [1.29, 1.82) is 0 Å². The summed E-state index contributed by atoms with van der Waals surface area (Å²) in [5, 5.41) is 9.35. The van der Waals surface area contributed by atoms with E-state index in [9.17, 15) is 13.5 Å². The van der Waals surface area contributed by atoms with Gasteiger partial charge in [0.1, 0.15) is 5.75 Å². The van der Waals surface area contributed by atoms with E-state index in [0.29, 0.717) is 24.7 Å². The van der Waals surface area contributed by atoms with Crippen molar-refractivity contribution in [1.82, 2.24) is 4.31 Å². The Morgan fingerprint density at radius 2 is 2.10 bits per heavy atom. The van der Waals surface area contributed by atoms with Crippen LogP contribution in [0.5, 0.6) is 5.75 Å². The second-order valence-corrected chi connectivity index (χ2v) is 7.47. The van der Waals surface area contributed by atoms with Gasteiger partial charge in [0, 0.05) is 18.1 Å². The van der Waals surface area contributed by atoms with Crippen LogP contribution in [0.1, 0.15) is 6.92 Å². The van der Waals surface area contributed by atoms with Gasteiger partial charge in [0.15, 0.2) is 0 Å². The summed E-state index contributed by atoms with van der Waals surface area (Å²) in [6, 6.07) is 6.07. The minimum atomic E-state index is -3.55. The van der Waals surface area contributed by atoms with Crippen molar-refractivity contribution >= 4 is 21.8 Å². The number of benzene rings is 1. The van der Waals surface area contributed by atoms with E-state index in [1.54, 1.807) is 36.0 Å². The van der Waals surface area contributed by atoms with Gasteiger partial charge in [-0.25, -0.2) is 8.42 Å². The van der Waals surface area contributed by atoms with Crippen molar-refractivity contribution in [3.8, 4) is 5.75 Å². The lowest BCUT2D eigenvalue weighted by Gasteiger charge is -2.33. The fourth-order valence-corrected chi connectivity index (χ4v) is 4.99. The van der Waals surface area contributed by atoms with Crippen molar-refractivity contribution in [2.24, 2.45) is 0 Å². The summed E-state index contributed by atoms with van der Waals surface area (Å²) in [5.74, 6) is 2.04. The van der Waals surface area contributed by atoms with Crippen LogP contribution in [0.15, 0.2) is 29.2 Å². The highest BCUT2D eigenvalue weighted by Gasteiger charge is 2.33. The molecule has 0 amide bonds. The first-order valence-electron chi connectivity index (χ1n) is 6.53. The maximum absolute atomic E-state index is 12.6. The molecule has 1 N–H and O–H groups in total. The van der Waals surface area contributed by atoms with E-state index in [4.69, 9.17) is 4.74 Å². The average Bonchev–Trinajstić information content (AvgIpc) is 2.48. The molecule has 1 saturated heterocycles. The Kier molecular flexibility index (Phi) is 5.31. The van der Waals surface area contributed by atoms with Crippen LogP contribution in [0.2, 0.25) is 0 Å². The molecule has 0 saturated carbocycles. The van der Waals surface area contributed by atoms with Gasteiger partial charge in [0.05, 0.1) is 24.2 Å². The predicted octanol–water partition coefficient (Wildman–Crippen LogP) is 1.18. The third-order valence-electron chi connectivity index (χ3n) is 3.13. The van der Waals surface area contributed by atoms with Crippen molar-refractivity contribution in [3.05, 3.63) is 24.3 Å². The van der Waals surface area contributed by atoms with Crippen molar-refractivity contribution in [3.63, 3.8) is 0 Å². The van der Waals surface area contributed by atoms with E-state index in [2.05, 4.69) is 0 Å². The van der Waals surface area contributed by atoms with E-state index >= 15 is 0 Å². The number of hydrogen-bond donors (Lipinski definition) is 1. The Bertz CT molecular complexity index is 530. The van der Waals surface area contributed by atoms with Crippen LogP contribution in [0.25, 0.3) is 0 Å². The first-order chi connectivity index (χ1) is 9.59. The van der Waals surface area contributed by atoms with Crippen LogP contribution in [-0.2, 0) is 10.0 Å². The van der Waals surface area contributed by atoms with Crippen molar-refractivity contribution in [2.75, 3.05) is 31.3 Å². The lowest BCUT2D eigenvalue weighted by atomic mass is 10.3. The molecule has 1 aromatic rings. The van der Waals surface area contributed by atoms with Crippen LogP contribution in [0.3, 0.4) is 0 Å². The minimum absolute atomic E-state index is 0.150. The van der Waals surface area contributed by atoms with E-state index in [0.717, 1.165) is 5.75 Å². The standard InChI is InChI=1S/C13H19NO4S2/c1-2-18-12-3-5-13(6-4-12)20(16,17)14-7-8-19-10-11(14)9-15/h3-6,11,15H,2,7-10H2,1H3/t11-/m1/s1. The zero-order chi connectivity index (χ0) is 14.6. The molecule has 1 aromatic carbocycles. The lowest BCUT2D eigenvalue weighted by molar-refractivity contribution is 0.202. The smallest absolute Gasteiger partial charge is 0.243 e. The molecule has 20 heavy (non-hydrogen) atoms. The Hall–Kier alpha value is -0.760. The van der Waals surface area contributed by atoms with E-state index in [1.807, 2.05) is 6.92 Å². The van der Waals surface area contributed by atoms with Crippen LogP contribution in [0, 0.1) is 0 Å². The van der Waals surface area contributed by atoms with Gasteiger partial charge < -0.3 is 9.84 Å². The monoisotopic (exact) mass is 317 g/mol. The van der Waals surface area contributed by atoms with Crippen LogP contribution in [0.4, 0.5) is 0 Å². The molecule has 1 atom stereocenters. The van der Waals surface area contributed by atoms with Gasteiger partial charge in [-0.1, -0.05) is 0 Å². The summed E-state index contributed by atoms with van der Waals surface area (Å²) in [5.41, 5.74) is 0. The molecule has 1 heterocycles. The number of aliphatic hydroxyl groups is 1. The van der Waals surface area contributed by atoms with Gasteiger partial charge >= 0.3 is 0 Å². The lowest BCUT2D eigenvalue weighted by Crippen LogP contribution is -2.47. The molecule has 112 valence electrons. The highest BCUT2D eigenvalue weighted by Crippen LogP contribution is 2.25. The van der Waals surface area contributed by atoms with E-state index in [-0.39, 0.29) is 17.5 Å². The zero-order valence-electron chi connectivity index (χ0n) is 11.4. The first-order valence-corrected chi connectivity index (χ1v) is 9.12. The molecule has 5 nitrogen and oxygen atoms in total. The van der Waals surface area contributed by atoms with Gasteiger partial charge in [0.25, 0.3) is 0 Å². The summed E-state index contributed by atoms with van der Waals surface area (Å²) >= 11 is 1.67. The largest absolute Gasteiger partial charge is 0.494 e. The Balaban J connectivity index is 2.24. The summed E-state index contributed by atoms with van der Waals surface area (Å²) in [6.07, 6.45) is 0. The summed E-state index contributed by atoms with van der Waals surface area (Å²) in [4.78, 5) is 0.242. The van der Waals surface area contributed by atoms with Crippen LogP contribution < -0.4 is 4.74 Å². The van der Waals surface area contributed by atoms with Gasteiger partial charge in [-0.15, -0.1) is 0 Å². The Morgan fingerprint density at radius 1 is 1.40 bits per heavy atom. The maximum Gasteiger partial charge on any atom is 0.243 e. The number of rotatable bonds is 5. The second-order valence-electron chi connectivity index (χ2n) is 4.43. The molecule has 0 aromatic heterocycles. The molecule has 7 heteroatoms. The Labute approximate surface area is 124 Å². The summed E-state index contributed by atoms with van der Waals surface area (Å²) < 4.78 is 31.9. The summed E-state index contributed by atoms with van der Waals surface area (Å²) in [7, 11) is -3.55. The fraction of sp³-hybridized carbons (Fsp3) is 0.538. The molecule has 0 spiro atoms. The molecule has 0 radical (unpaired) electrons. The number of hydrogen-bond acceptors (Lipinski definition) is 5. The maximum atomic E-state index is 12.6. The molecule has 0 aliphatic carbocycles. The summed E-state index contributed by atoms with van der Waals surface area (Å²) in [6.45, 7) is 2.71. The quantitative estimate of drug-likeness (QED) is 0.883. The van der Waals surface area contributed by atoms with E-state index < -0.39 is 10.0 Å². The zero-order valence-corrected chi connectivity index (χ0v) is 13.0. The molecular weight excluding hydrogens is 298 g/mol. The van der Waals surface area contributed by atoms with Gasteiger partial charge in [-0.05, 0) is 31.2 Å². The number of aliphatic hydroxyl groups excluding tert-OH is 1. The van der Waals surface area contributed by atoms with Crippen molar-refractivity contribution in [2.45, 2.75) is 17.9 Å². The van der Waals surface area contributed by atoms with Crippen LogP contribution >= 0.6 is 11.8 Å². The third kappa shape index (κ3) is 3.28. The molecule has 0 unspecified atom stereocenters. The highest BCUT2D eigenvalue weighted by molar-refractivity contribution is 7.99. The fourth-order valence-electron chi connectivity index (χ4n) is 2.11. The number of sulfonamides is 1. The average molecular weight is 317 g/mol. The first kappa shape index (κ1) is 15.6. The molecule has 2 rings (SSSR count). The van der Waals surface area contributed by atoms with Crippen LogP contribution in [-0.4, -0.2) is 55.1 Å². The molecule has 1 aliphatic heterocycles. The molecular formula is C13H19NO4S2. The van der Waals surface area contributed by atoms with Gasteiger partial charge in [-0.2, -0.15) is 16.1 Å². The molecule has 1 fully saturated rings.